The summed E-state index contributed by atoms with van der Waals surface area (Å²) < 4.78 is 46.4. The number of pyridine rings is 1. The molecule has 1 saturated heterocycles. The number of hydrogen-bond donors (Lipinski definition) is 3. The topological polar surface area (TPSA) is 58.2 Å². The summed E-state index contributed by atoms with van der Waals surface area (Å²) in [6.07, 6.45) is 0.642. The molecule has 3 heterocycles. The highest BCUT2D eigenvalue weighted by Crippen LogP contribution is 2.40. The first-order valence-electron chi connectivity index (χ1n) is 9.10. The zero-order valence-corrected chi connectivity index (χ0v) is 15.6. The number of hydrogen-bond acceptors (Lipinski definition) is 5. The molecule has 2 aliphatic heterocycles. The molecule has 1 aromatic carbocycles. The Hall–Kier alpha value is -1.71. The van der Waals surface area contributed by atoms with Gasteiger partial charge in [0.05, 0.1) is 23.9 Å². The summed E-state index contributed by atoms with van der Waals surface area (Å²) in [5, 5.41) is 3.41. The number of fused-ring (bicyclic) bond motifs is 1. The maximum absolute atomic E-state index is 13.6. The van der Waals surface area contributed by atoms with E-state index < -0.39 is 17.8 Å². The van der Waals surface area contributed by atoms with Gasteiger partial charge in [-0.3, -0.25) is 10.3 Å². The summed E-state index contributed by atoms with van der Waals surface area (Å²) in [5.41, 5.74) is 6.98. The molecule has 1 fully saturated rings. The smallest absolute Gasteiger partial charge is 0.377 e. The fourth-order valence-electron chi connectivity index (χ4n) is 3.73. The largest absolute Gasteiger partial charge is 0.416 e. The van der Waals surface area contributed by atoms with Crippen LogP contribution in [-0.2, 0) is 10.9 Å². The zero-order chi connectivity index (χ0) is 19.7. The standard InChI is InChI=1S/C19H20ClF3N4O/c20-11-3-4-14(16(8-11)19(21,22)23)17-13-5-6-24-10-15(13)18(27-26-17)25-9-12-2-1-7-28-12/h3-6,8,10,12,17-18,25-27H,1-2,7,9H2/t12-,17?,18?/m1/s1. The van der Waals surface area contributed by atoms with E-state index in [9.17, 15) is 13.2 Å². The Morgan fingerprint density at radius 2 is 2.04 bits per heavy atom. The van der Waals surface area contributed by atoms with Gasteiger partial charge in [0.1, 0.15) is 0 Å². The zero-order valence-electron chi connectivity index (χ0n) is 14.9. The van der Waals surface area contributed by atoms with Crippen LogP contribution in [0.3, 0.4) is 0 Å². The lowest BCUT2D eigenvalue weighted by Gasteiger charge is -2.35. The van der Waals surface area contributed by atoms with E-state index in [1.165, 1.54) is 12.1 Å². The molecule has 2 aromatic rings. The molecule has 0 radical (unpaired) electrons. The highest BCUT2D eigenvalue weighted by Gasteiger charge is 2.38. The molecule has 0 saturated carbocycles. The number of benzene rings is 1. The van der Waals surface area contributed by atoms with Crippen LogP contribution in [0.1, 0.15) is 47.3 Å². The van der Waals surface area contributed by atoms with E-state index in [4.69, 9.17) is 16.3 Å². The van der Waals surface area contributed by atoms with Crippen LogP contribution in [0.5, 0.6) is 0 Å². The van der Waals surface area contributed by atoms with Crippen molar-refractivity contribution in [3.8, 4) is 0 Å². The minimum Gasteiger partial charge on any atom is -0.377 e. The third-order valence-corrected chi connectivity index (χ3v) is 5.32. The van der Waals surface area contributed by atoms with E-state index in [2.05, 4.69) is 21.2 Å². The number of hydrazine groups is 1. The number of halogens is 4. The Morgan fingerprint density at radius 3 is 2.79 bits per heavy atom. The van der Waals surface area contributed by atoms with Crippen molar-refractivity contribution in [1.29, 1.82) is 0 Å². The Kier molecular flexibility index (Phi) is 5.57. The third kappa shape index (κ3) is 4.01. The minimum absolute atomic E-state index is 0.0471. The number of alkyl halides is 3. The second-order valence-electron chi connectivity index (χ2n) is 6.93. The molecular formula is C19H20ClF3N4O. The lowest BCUT2D eigenvalue weighted by Crippen LogP contribution is -2.50. The van der Waals surface area contributed by atoms with Crippen LogP contribution < -0.4 is 16.2 Å². The molecule has 0 amide bonds. The summed E-state index contributed by atoms with van der Waals surface area (Å²) in [6, 6.07) is 4.89. The fourth-order valence-corrected chi connectivity index (χ4v) is 3.90. The highest BCUT2D eigenvalue weighted by molar-refractivity contribution is 6.30. The molecule has 2 aliphatic rings. The first kappa shape index (κ1) is 19.6. The summed E-state index contributed by atoms with van der Waals surface area (Å²) in [6.45, 7) is 1.41. The number of nitrogens with zero attached hydrogens (tertiary/aromatic N) is 1. The number of ether oxygens (including phenoxy) is 1. The van der Waals surface area contributed by atoms with Gasteiger partial charge in [0.2, 0.25) is 0 Å². The number of nitrogens with one attached hydrogen (secondary N) is 3. The molecule has 3 atom stereocenters. The van der Waals surface area contributed by atoms with Crippen molar-refractivity contribution >= 4 is 11.6 Å². The SMILES string of the molecule is FC(F)(F)c1cc(Cl)ccc1C1NNC(NC[C@H]2CCCO2)c2cnccc21. The minimum atomic E-state index is -4.51. The van der Waals surface area contributed by atoms with E-state index >= 15 is 0 Å². The van der Waals surface area contributed by atoms with Crippen molar-refractivity contribution in [2.75, 3.05) is 13.2 Å². The van der Waals surface area contributed by atoms with E-state index in [1.54, 1.807) is 18.5 Å². The van der Waals surface area contributed by atoms with Gasteiger partial charge in [-0.25, -0.2) is 10.9 Å². The van der Waals surface area contributed by atoms with Gasteiger partial charge in [-0.1, -0.05) is 17.7 Å². The van der Waals surface area contributed by atoms with Gasteiger partial charge in [0.25, 0.3) is 0 Å². The van der Waals surface area contributed by atoms with Gasteiger partial charge in [0, 0.05) is 36.1 Å². The van der Waals surface area contributed by atoms with Crippen molar-refractivity contribution in [1.82, 2.24) is 21.2 Å². The molecule has 2 unspecified atom stereocenters. The average molecular weight is 413 g/mol. The lowest BCUT2D eigenvalue weighted by atomic mass is 9.90. The van der Waals surface area contributed by atoms with Gasteiger partial charge in [-0.2, -0.15) is 13.2 Å². The third-order valence-electron chi connectivity index (χ3n) is 5.09. The van der Waals surface area contributed by atoms with Gasteiger partial charge >= 0.3 is 6.18 Å². The van der Waals surface area contributed by atoms with Crippen LogP contribution >= 0.6 is 11.6 Å². The molecule has 0 bridgehead atoms. The normalized spacial score (nSPS) is 24.9. The summed E-state index contributed by atoms with van der Waals surface area (Å²) in [5.74, 6) is 0. The fraction of sp³-hybridized carbons (Fsp3) is 0.421. The van der Waals surface area contributed by atoms with Gasteiger partial charge in [-0.15, -0.1) is 0 Å². The predicted octanol–water partition coefficient (Wildman–Crippen LogP) is 3.72. The average Bonchev–Trinajstić information content (AvgIpc) is 3.19. The van der Waals surface area contributed by atoms with Crippen LogP contribution in [0.4, 0.5) is 13.2 Å². The molecule has 4 rings (SSSR count). The predicted molar refractivity (Wildman–Crippen MR) is 98.5 cm³/mol. The Morgan fingerprint density at radius 1 is 1.18 bits per heavy atom. The molecule has 0 spiro atoms. The first-order valence-corrected chi connectivity index (χ1v) is 9.48. The molecule has 0 aliphatic carbocycles. The molecular weight excluding hydrogens is 393 g/mol. The lowest BCUT2D eigenvalue weighted by molar-refractivity contribution is -0.138. The van der Waals surface area contributed by atoms with Crippen LogP contribution in [0.15, 0.2) is 36.7 Å². The van der Waals surface area contributed by atoms with Crippen molar-refractivity contribution in [2.24, 2.45) is 0 Å². The first-order chi connectivity index (χ1) is 13.4. The Bertz CT molecular complexity index is 842. The molecule has 150 valence electrons. The molecule has 5 nitrogen and oxygen atoms in total. The van der Waals surface area contributed by atoms with E-state index in [0.717, 1.165) is 36.6 Å². The van der Waals surface area contributed by atoms with Crippen molar-refractivity contribution in [2.45, 2.75) is 37.3 Å². The summed E-state index contributed by atoms with van der Waals surface area (Å²) >= 11 is 5.82. The van der Waals surface area contributed by atoms with Crippen molar-refractivity contribution in [3.63, 3.8) is 0 Å². The van der Waals surface area contributed by atoms with Crippen molar-refractivity contribution in [3.05, 3.63) is 63.9 Å². The number of rotatable bonds is 4. The second kappa shape index (κ2) is 7.96. The van der Waals surface area contributed by atoms with Gasteiger partial charge in [-0.05, 0) is 42.2 Å². The maximum Gasteiger partial charge on any atom is 0.416 e. The summed E-state index contributed by atoms with van der Waals surface area (Å²) in [7, 11) is 0. The van der Waals surface area contributed by atoms with Crippen molar-refractivity contribution < 1.29 is 17.9 Å². The Labute approximate surface area is 165 Å². The van der Waals surface area contributed by atoms with Crippen LogP contribution in [0.2, 0.25) is 5.02 Å². The van der Waals surface area contributed by atoms with Gasteiger partial charge < -0.3 is 4.74 Å². The number of aromatic nitrogens is 1. The van der Waals surface area contributed by atoms with Crippen LogP contribution in [0.25, 0.3) is 0 Å². The Balaban J connectivity index is 1.64. The van der Waals surface area contributed by atoms with Gasteiger partial charge in [0.15, 0.2) is 0 Å². The maximum atomic E-state index is 13.6. The molecule has 9 heteroatoms. The molecule has 1 aromatic heterocycles. The van der Waals surface area contributed by atoms with E-state index in [1.807, 2.05) is 0 Å². The monoisotopic (exact) mass is 412 g/mol. The van der Waals surface area contributed by atoms with E-state index in [-0.39, 0.29) is 22.9 Å². The second-order valence-corrected chi connectivity index (χ2v) is 7.37. The van der Waals surface area contributed by atoms with E-state index in [0.29, 0.717) is 6.54 Å². The quantitative estimate of drug-likeness (QED) is 0.714. The highest BCUT2D eigenvalue weighted by atomic mass is 35.5. The molecule has 28 heavy (non-hydrogen) atoms. The van der Waals surface area contributed by atoms with Crippen LogP contribution in [0, 0.1) is 0 Å². The van der Waals surface area contributed by atoms with Crippen LogP contribution in [-0.4, -0.2) is 24.2 Å². The molecule has 3 N–H and O–H groups in total. The summed E-state index contributed by atoms with van der Waals surface area (Å²) in [4.78, 5) is 4.16.